The molecule has 2 heterocycles. The molecule has 0 saturated carbocycles. The summed E-state index contributed by atoms with van der Waals surface area (Å²) in [4.78, 5) is 15.2. The second-order valence-electron chi connectivity index (χ2n) is 6.40. The zero-order valence-corrected chi connectivity index (χ0v) is 13.9. The molecule has 122 valence electrons. The van der Waals surface area contributed by atoms with Crippen molar-refractivity contribution in [3.8, 4) is 0 Å². The number of rotatable bonds is 2. The molecule has 0 bridgehead atoms. The molecule has 24 heavy (non-hydrogen) atoms. The van der Waals surface area contributed by atoms with Gasteiger partial charge in [0.05, 0.1) is 5.54 Å². The van der Waals surface area contributed by atoms with Crippen molar-refractivity contribution in [1.29, 1.82) is 0 Å². The van der Waals surface area contributed by atoms with Crippen LogP contribution in [0, 0.1) is 0 Å². The molecule has 4 rings (SSSR count). The molecule has 2 atom stereocenters. The molecule has 1 aromatic heterocycles. The van der Waals surface area contributed by atoms with Crippen molar-refractivity contribution in [1.82, 2.24) is 10.3 Å². The van der Waals surface area contributed by atoms with Crippen LogP contribution in [-0.2, 0) is 16.8 Å². The van der Waals surface area contributed by atoms with Gasteiger partial charge in [0.25, 0.3) is 0 Å². The third-order valence-corrected chi connectivity index (χ3v) is 5.16. The Bertz CT molecular complexity index is 932. The standard InChI is InChI=1S/C19H17ClN2O2/c1-19(11-6-8-12(20)9-7-11)17-14(10-16(22-19)18(23)24)13-4-2-3-5-15(13)21-17/h2-9,16,21-22H,10H2,1H3,(H,23,24). The third kappa shape index (κ3) is 2.22. The van der Waals surface area contributed by atoms with Crippen LogP contribution in [0.15, 0.2) is 48.5 Å². The van der Waals surface area contributed by atoms with Crippen LogP contribution in [0.5, 0.6) is 0 Å². The van der Waals surface area contributed by atoms with E-state index < -0.39 is 17.6 Å². The van der Waals surface area contributed by atoms with E-state index in [0.29, 0.717) is 11.4 Å². The van der Waals surface area contributed by atoms with Crippen LogP contribution in [-0.4, -0.2) is 22.1 Å². The lowest BCUT2D eigenvalue weighted by Gasteiger charge is -2.39. The van der Waals surface area contributed by atoms with Crippen LogP contribution < -0.4 is 5.32 Å². The normalized spacial score (nSPS) is 23.2. The Kier molecular flexibility index (Phi) is 3.41. The Morgan fingerprint density at radius 2 is 1.92 bits per heavy atom. The smallest absolute Gasteiger partial charge is 0.321 e. The average molecular weight is 341 g/mol. The summed E-state index contributed by atoms with van der Waals surface area (Å²) in [6, 6.07) is 14.9. The number of aromatic amines is 1. The summed E-state index contributed by atoms with van der Waals surface area (Å²) >= 11 is 6.02. The van der Waals surface area contributed by atoms with Crippen molar-refractivity contribution in [2.45, 2.75) is 24.9 Å². The predicted molar refractivity (Wildman–Crippen MR) is 94.5 cm³/mol. The number of hydrogen-bond acceptors (Lipinski definition) is 2. The number of para-hydroxylation sites is 1. The summed E-state index contributed by atoms with van der Waals surface area (Å²) in [5.41, 5.74) is 3.46. The maximum atomic E-state index is 11.7. The molecule has 2 aromatic carbocycles. The summed E-state index contributed by atoms with van der Waals surface area (Å²) in [7, 11) is 0. The number of benzene rings is 2. The van der Waals surface area contributed by atoms with Gasteiger partial charge in [-0.25, -0.2) is 0 Å². The Balaban J connectivity index is 1.97. The lowest BCUT2D eigenvalue weighted by atomic mass is 9.80. The lowest BCUT2D eigenvalue weighted by molar-refractivity contribution is -0.140. The molecule has 0 fully saturated rings. The van der Waals surface area contributed by atoms with E-state index in [1.54, 1.807) is 0 Å². The maximum Gasteiger partial charge on any atom is 0.321 e. The molecule has 3 aromatic rings. The summed E-state index contributed by atoms with van der Waals surface area (Å²) in [5, 5.41) is 14.7. The van der Waals surface area contributed by atoms with E-state index in [1.165, 1.54) is 0 Å². The first-order valence-electron chi connectivity index (χ1n) is 7.85. The average Bonchev–Trinajstić information content (AvgIpc) is 2.95. The highest BCUT2D eigenvalue weighted by Crippen LogP contribution is 2.39. The van der Waals surface area contributed by atoms with Gasteiger partial charge in [-0.3, -0.25) is 10.1 Å². The van der Waals surface area contributed by atoms with Crippen LogP contribution in [0.4, 0.5) is 0 Å². The molecule has 0 amide bonds. The van der Waals surface area contributed by atoms with Crippen molar-refractivity contribution in [2.75, 3.05) is 0 Å². The number of halogens is 1. The van der Waals surface area contributed by atoms with E-state index in [-0.39, 0.29) is 0 Å². The molecule has 0 spiro atoms. The van der Waals surface area contributed by atoms with E-state index >= 15 is 0 Å². The van der Waals surface area contributed by atoms with Crippen LogP contribution in [0.2, 0.25) is 5.02 Å². The van der Waals surface area contributed by atoms with Crippen LogP contribution in [0.1, 0.15) is 23.7 Å². The highest BCUT2D eigenvalue weighted by atomic mass is 35.5. The fraction of sp³-hybridized carbons (Fsp3) is 0.211. The molecule has 5 heteroatoms. The quantitative estimate of drug-likeness (QED) is 0.666. The second kappa shape index (κ2) is 5.36. The van der Waals surface area contributed by atoms with E-state index in [0.717, 1.165) is 27.7 Å². The molecular weight excluding hydrogens is 324 g/mol. The van der Waals surface area contributed by atoms with Crippen molar-refractivity contribution in [3.05, 3.63) is 70.4 Å². The zero-order chi connectivity index (χ0) is 16.9. The number of aliphatic carboxylic acids is 1. The highest BCUT2D eigenvalue weighted by Gasteiger charge is 2.42. The molecule has 3 N–H and O–H groups in total. The van der Waals surface area contributed by atoms with Crippen LogP contribution in [0.3, 0.4) is 0 Å². The summed E-state index contributed by atoms with van der Waals surface area (Å²) in [5.74, 6) is -0.842. The minimum absolute atomic E-state index is 0.456. The van der Waals surface area contributed by atoms with Gasteiger partial charge in [0.15, 0.2) is 0 Å². The molecule has 0 radical (unpaired) electrons. The number of hydrogen-bond donors (Lipinski definition) is 3. The van der Waals surface area contributed by atoms with Crippen molar-refractivity contribution < 1.29 is 9.90 Å². The van der Waals surface area contributed by atoms with Gasteiger partial charge in [-0.15, -0.1) is 0 Å². The molecule has 0 saturated heterocycles. The van der Waals surface area contributed by atoms with Gasteiger partial charge in [0.2, 0.25) is 0 Å². The van der Waals surface area contributed by atoms with Gasteiger partial charge in [-0.1, -0.05) is 41.9 Å². The Hall–Kier alpha value is -2.30. The van der Waals surface area contributed by atoms with Crippen molar-refractivity contribution in [2.24, 2.45) is 0 Å². The van der Waals surface area contributed by atoms with E-state index in [9.17, 15) is 9.90 Å². The van der Waals surface area contributed by atoms with Gasteiger partial charge >= 0.3 is 5.97 Å². The topological polar surface area (TPSA) is 65.1 Å². The predicted octanol–water partition coefficient (Wildman–Crippen LogP) is 3.68. The van der Waals surface area contributed by atoms with Gasteiger partial charge in [-0.2, -0.15) is 0 Å². The number of carboxylic acid groups (broad SMARTS) is 1. The van der Waals surface area contributed by atoms with Crippen LogP contribution >= 0.6 is 11.6 Å². The largest absolute Gasteiger partial charge is 0.480 e. The van der Waals surface area contributed by atoms with Crippen LogP contribution in [0.25, 0.3) is 10.9 Å². The van der Waals surface area contributed by atoms with Gasteiger partial charge in [0, 0.05) is 28.0 Å². The van der Waals surface area contributed by atoms with Crippen molar-refractivity contribution in [3.63, 3.8) is 0 Å². The van der Waals surface area contributed by atoms with Gasteiger partial charge < -0.3 is 10.1 Å². The number of carboxylic acids is 1. The number of carbonyl (C=O) groups is 1. The van der Waals surface area contributed by atoms with Crippen molar-refractivity contribution >= 4 is 28.5 Å². The molecule has 2 unspecified atom stereocenters. The fourth-order valence-corrected chi connectivity index (χ4v) is 3.80. The van der Waals surface area contributed by atoms with E-state index in [2.05, 4.69) is 10.3 Å². The molecule has 4 nitrogen and oxygen atoms in total. The maximum absolute atomic E-state index is 11.7. The Morgan fingerprint density at radius 3 is 2.62 bits per heavy atom. The monoisotopic (exact) mass is 340 g/mol. The number of H-pyrrole nitrogens is 1. The van der Waals surface area contributed by atoms with E-state index in [1.807, 2.05) is 55.5 Å². The molecular formula is C19H17ClN2O2. The Morgan fingerprint density at radius 1 is 1.21 bits per heavy atom. The fourth-order valence-electron chi connectivity index (χ4n) is 3.67. The Labute approximate surface area is 144 Å². The lowest BCUT2D eigenvalue weighted by Crippen LogP contribution is -2.54. The van der Waals surface area contributed by atoms with Gasteiger partial charge in [-0.05, 0) is 36.2 Å². The summed E-state index contributed by atoms with van der Waals surface area (Å²) in [6.45, 7) is 2.01. The zero-order valence-electron chi connectivity index (χ0n) is 13.1. The first-order chi connectivity index (χ1) is 11.5. The summed E-state index contributed by atoms with van der Waals surface area (Å²) < 4.78 is 0. The molecule has 0 aliphatic carbocycles. The first-order valence-corrected chi connectivity index (χ1v) is 8.23. The minimum Gasteiger partial charge on any atom is -0.480 e. The number of fused-ring (bicyclic) bond motifs is 3. The number of nitrogens with one attached hydrogen (secondary N) is 2. The highest BCUT2D eigenvalue weighted by molar-refractivity contribution is 6.30. The first kappa shape index (κ1) is 15.2. The van der Waals surface area contributed by atoms with Gasteiger partial charge in [0.1, 0.15) is 6.04 Å². The third-order valence-electron chi connectivity index (χ3n) is 4.90. The molecule has 1 aliphatic rings. The SMILES string of the molecule is CC1(c2ccc(Cl)cc2)NC(C(=O)O)Cc2c1[nH]c1ccccc21. The summed E-state index contributed by atoms with van der Waals surface area (Å²) in [6.07, 6.45) is 0.456. The molecule has 1 aliphatic heterocycles. The van der Waals surface area contributed by atoms with E-state index in [4.69, 9.17) is 11.6 Å². The second-order valence-corrected chi connectivity index (χ2v) is 6.83. The minimum atomic E-state index is -0.842. The number of aromatic nitrogens is 1.